The molecule has 0 aliphatic heterocycles. The average molecular weight is 693 g/mol. The van der Waals surface area contributed by atoms with Gasteiger partial charge in [0.2, 0.25) is 0 Å². The third kappa shape index (κ3) is 6.72. The van der Waals surface area contributed by atoms with Gasteiger partial charge in [-0.2, -0.15) is 0 Å². The van der Waals surface area contributed by atoms with Crippen molar-refractivity contribution in [2.24, 2.45) is 0 Å². The fourth-order valence-electron chi connectivity index (χ4n) is 6.05. The molecule has 0 radical (unpaired) electrons. The Morgan fingerprint density at radius 2 is 1.04 bits per heavy atom. The van der Waals surface area contributed by atoms with Crippen LogP contribution in [0.4, 0.5) is 34.1 Å². The first-order valence-corrected chi connectivity index (χ1v) is 18.3. The Labute approximate surface area is 300 Å². The fraction of sp³-hybridized carbons (Fsp3) is 0.0952. The number of thioether (sulfide) groups is 2. The van der Waals surface area contributed by atoms with E-state index in [9.17, 15) is 4.79 Å². The lowest BCUT2D eigenvalue weighted by molar-refractivity contribution is 0.0981. The van der Waals surface area contributed by atoms with Gasteiger partial charge in [-0.1, -0.05) is 96.1 Å². The SMILES string of the molecule is Cc1ccc(Nc2cc(SCc3ccccc3)c(N)c3c2C(=O)c2c(N)cc(SCc4ccccc4)c(Nc4ccc(C)cc4)c2C3=O)cc1. The number of nitrogen functional groups attached to an aromatic ring is 2. The molecular formula is C42H36N4O2S2. The molecule has 8 heteroatoms. The molecule has 1 aliphatic carbocycles. The first kappa shape index (κ1) is 33.1. The predicted molar refractivity (Wildman–Crippen MR) is 210 cm³/mol. The second-order valence-electron chi connectivity index (χ2n) is 12.4. The summed E-state index contributed by atoms with van der Waals surface area (Å²) in [4.78, 5) is 31.2. The van der Waals surface area contributed by atoms with Crippen molar-refractivity contribution in [1.82, 2.24) is 0 Å². The van der Waals surface area contributed by atoms with Crippen molar-refractivity contribution >= 4 is 69.2 Å². The highest BCUT2D eigenvalue weighted by molar-refractivity contribution is 7.99. The Morgan fingerprint density at radius 1 is 0.540 bits per heavy atom. The minimum atomic E-state index is -0.348. The van der Waals surface area contributed by atoms with Gasteiger partial charge in [0.25, 0.3) is 0 Å². The molecule has 50 heavy (non-hydrogen) atoms. The van der Waals surface area contributed by atoms with E-state index in [0.29, 0.717) is 27.8 Å². The largest absolute Gasteiger partial charge is 0.398 e. The summed E-state index contributed by atoms with van der Waals surface area (Å²) < 4.78 is 0. The lowest BCUT2D eigenvalue weighted by atomic mass is 9.80. The van der Waals surface area contributed by atoms with Crippen LogP contribution in [0.2, 0.25) is 0 Å². The number of ketones is 2. The van der Waals surface area contributed by atoms with E-state index < -0.39 is 0 Å². The lowest BCUT2D eigenvalue weighted by Gasteiger charge is -2.28. The van der Waals surface area contributed by atoms with Crippen LogP contribution >= 0.6 is 23.5 Å². The van der Waals surface area contributed by atoms with Gasteiger partial charge in [-0.3, -0.25) is 9.59 Å². The quantitative estimate of drug-likeness (QED) is 0.0828. The van der Waals surface area contributed by atoms with Crippen LogP contribution in [-0.2, 0) is 11.5 Å². The highest BCUT2D eigenvalue weighted by atomic mass is 32.2. The number of anilines is 6. The summed E-state index contributed by atoms with van der Waals surface area (Å²) in [7, 11) is 0. The van der Waals surface area contributed by atoms with Gasteiger partial charge in [-0.05, 0) is 61.4 Å². The van der Waals surface area contributed by atoms with Crippen molar-refractivity contribution in [3.8, 4) is 0 Å². The molecule has 0 atom stereocenters. The molecule has 0 bridgehead atoms. The third-order valence-corrected chi connectivity index (χ3v) is 10.9. The van der Waals surface area contributed by atoms with Crippen LogP contribution in [0, 0.1) is 13.8 Å². The number of hydrogen-bond acceptors (Lipinski definition) is 8. The first-order chi connectivity index (χ1) is 24.3. The van der Waals surface area contributed by atoms with E-state index in [-0.39, 0.29) is 45.2 Å². The standard InChI is InChI=1S/C42H36N4O2S2/c1-25-13-17-29(18-14-25)45-32-22-33(49-23-27-9-5-3-6-10-27)39(44)37-36(32)41(47)35-31(43)21-34(50-24-28-11-7-4-8-12-28)40(38(35)42(37)48)46-30-19-15-26(2)16-20-30/h3-22,45-46H,23-24,43-44H2,1-2H3. The van der Waals surface area contributed by atoms with E-state index in [1.165, 1.54) is 11.8 Å². The van der Waals surface area contributed by atoms with Crippen LogP contribution < -0.4 is 22.1 Å². The van der Waals surface area contributed by atoms with Crippen molar-refractivity contribution in [3.63, 3.8) is 0 Å². The third-order valence-electron chi connectivity index (χ3n) is 8.69. The van der Waals surface area contributed by atoms with Crippen molar-refractivity contribution in [1.29, 1.82) is 0 Å². The van der Waals surface area contributed by atoms with E-state index in [0.717, 1.165) is 38.5 Å². The van der Waals surface area contributed by atoms with Crippen molar-refractivity contribution < 1.29 is 9.59 Å². The van der Waals surface area contributed by atoms with Crippen LogP contribution in [0.1, 0.15) is 54.1 Å². The summed E-state index contributed by atoms with van der Waals surface area (Å²) in [5, 5.41) is 6.94. The number of nitrogens with two attached hydrogens (primary N) is 2. The van der Waals surface area contributed by atoms with Gasteiger partial charge >= 0.3 is 0 Å². The minimum Gasteiger partial charge on any atom is -0.398 e. The minimum absolute atomic E-state index is 0.178. The number of carbonyl (C=O) groups excluding carboxylic acids is 2. The number of benzene rings is 6. The number of nitrogens with one attached hydrogen (secondary N) is 2. The van der Waals surface area contributed by atoms with Crippen LogP contribution in [0.15, 0.2) is 131 Å². The molecule has 0 amide bonds. The maximum Gasteiger partial charge on any atom is 0.198 e. The average Bonchev–Trinajstić information content (AvgIpc) is 3.13. The number of aryl methyl sites for hydroxylation is 2. The molecule has 7 rings (SSSR count). The van der Waals surface area contributed by atoms with Gasteiger partial charge in [0.15, 0.2) is 11.6 Å². The van der Waals surface area contributed by atoms with E-state index in [1.54, 1.807) is 17.8 Å². The van der Waals surface area contributed by atoms with E-state index in [1.807, 2.05) is 105 Å². The van der Waals surface area contributed by atoms with Crippen molar-refractivity contribution in [2.45, 2.75) is 35.1 Å². The molecule has 0 heterocycles. The zero-order valence-corrected chi connectivity index (χ0v) is 29.4. The summed E-state index contributed by atoms with van der Waals surface area (Å²) in [5.74, 6) is 0.595. The van der Waals surface area contributed by atoms with E-state index in [2.05, 4.69) is 34.9 Å². The molecule has 0 saturated carbocycles. The normalized spacial score (nSPS) is 12.0. The summed E-state index contributed by atoms with van der Waals surface area (Å²) in [5.41, 5.74) is 22.1. The fourth-order valence-corrected chi connectivity index (χ4v) is 8.04. The van der Waals surface area contributed by atoms with Crippen LogP contribution in [0.25, 0.3) is 0 Å². The molecule has 6 aromatic rings. The lowest BCUT2D eigenvalue weighted by Crippen LogP contribution is -2.26. The van der Waals surface area contributed by atoms with E-state index >= 15 is 4.79 Å². The van der Waals surface area contributed by atoms with Gasteiger partial charge in [0.1, 0.15) is 0 Å². The smallest absolute Gasteiger partial charge is 0.198 e. The van der Waals surface area contributed by atoms with Gasteiger partial charge in [-0.25, -0.2) is 0 Å². The predicted octanol–water partition coefficient (Wildman–Crippen LogP) is 10.3. The first-order valence-electron chi connectivity index (χ1n) is 16.3. The molecule has 1 aliphatic rings. The second kappa shape index (κ2) is 14.2. The Balaban J connectivity index is 1.39. The van der Waals surface area contributed by atoms with Crippen molar-refractivity contribution in [2.75, 3.05) is 22.1 Å². The Hall–Kier alpha value is -5.44. The molecule has 0 saturated heterocycles. The molecule has 6 aromatic carbocycles. The molecule has 6 nitrogen and oxygen atoms in total. The zero-order valence-electron chi connectivity index (χ0n) is 27.7. The maximum absolute atomic E-state index is 15.0. The molecule has 0 unspecified atom stereocenters. The second-order valence-corrected chi connectivity index (χ2v) is 14.4. The van der Waals surface area contributed by atoms with Gasteiger partial charge in [-0.15, -0.1) is 23.5 Å². The molecule has 0 aromatic heterocycles. The molecule has 0 spiro atoms. The molecular weight excluding hydrogens is 657 g/mol. The number of hydrogen-bond donors (Lipinski definition) is 4. The summed E-state index contributed by atoms with van der Waals surface area (Å²) >= 11 is 3.09. The summed E-state index contributed by atoms with van der Waals surface area (Å²) in [6.07, 6.45) is 0. The van der Waals surface area contributed by atoms with Crippen LogP contribution in [0.3, 0.4) is 0 Å². The number of rotatable bonds is 10. The highest BCUT2D eigenvalue weighted by Gasteiger charge is 2.39. The molecule has 6 N–H and O–H groups in total. The highest BCUT2D eigenvalue weighted by Crippen LogP contribution is 2.48. The topological polar surface area (TPSA) is 110 Å². The van der Waals surface area contributed by atoms with Crippen molar-refractivity contribution in [3.05, 3.63) is 166 Å². The van der Waals surface area contributed by atoms with Crippen LogP contribution in [-0.4, -0.2) is 11.6 Å². The summed E-state index contributed by atoms with van der Waals surface area (Å²) in [6.45, 7) is 4.04. The Kier molecular flexibility index (Phi) is 9.39. The van der Waals surface area contributed by atoms with Gasteiger partial charge < -0.3 is 22.1 Å². The van der Waals surface area contributed by atoms with Crippen LogP contribution in [0.5, 0.6) is 0 Å². The molecule has 0 fully saturated rings. The summed E-state index contributed by atoms with van der Waals surface area (Å²) in [6, 6.07) is 39.7. The number of fused-ring (bicyclic) bond motifs is 2. The molecule has 248 valence electrons. The van der Waals surface area contributed by atoms with E-state index in [4.69, 9.17) is 11.5 Å². The Bertz CT molecular complexity index is 2220. The maximum atomic E-state index is 15.0. The van der Waals surface area contributed by atoms with Gasteiger partial charge in [0, 0.05) is 38.4 Å². The number of carbonyl (C=O) groups is 2. The van der Waals surface area contributed by atoms with Gasteiger partial charge in [0.05, 0.1) is 39.3 Å². The zero-order chi connectivity index (χ0) is 34.8. The monoisotopic (exact) mass is 692 g/mol. The Morgan fingerprint density at radius 3 is 1.60 bits per heavy atom.